The molecule has 0 atom stereocenters. The number of nitriles is 1. The highest BCUT2D eigenvalue weighted by molar-refractivity contribution is 5.49. The third-order valence-electron chi connectivity index (χ3n) is 3.54. The fourth-order valence-corrected chi connectivity index (χ4v) is 2.24. The van der Waals surface area contributed by atoms with E-state index in [0.717, 1.165) is 38.3 Å². The molecule has 0 N–H and O–H groups in total. The molecular formula is C16H25N3. The van der Waals surface area contributed by atoms with Gasteiger partial charge in [-0.15, -0.1) is 0 Å². The van der Waals surface area contributed by atoms with Crippen LogP contribution < -0.4 is 4.90 Å². The molecular weight excluding hydrogens is 234 g/mol. The average Bonchev–Trinajstić information content (AvgIpc) is 2.48. The molecule has 0 saturated heterocycles. The van der Waals surface area contributed by atoms with Crippen molar-refractivity contribution in [2.75, 3.05) is 37.6 Å². The monoisotopic (exact) mass is 259 g/mol. The van der Waals surface area contributed by atoms with E-state index in [1.165, 1.54) is 12.1 Å². The molecule has 0 aliphatic rings. The molecule has 0 radical (unpaired) electrons. The highest BCUT2D eigenvalue weighted by Gasteiger charge is 2.05. The van der Waals surface area contributed by atoms with Crippen molar-refractivity contribution < 1.29 is 0 Å². The first-order valence-electron chi connectivity index (χ1n) is 7.22. The standard InChI is InChI=1S/C16H25N3/c1-4-18(5-2)12-7-13-19(6-3)16-10-8-15(14-17)9-11-16/h8-11H,4-7,12-13H2,1-3H3. The highest BCUT2D eigenvalue weighted by Crippen LogP contribution is 2.15. The molecule has 0 heterocycles. The van der Waals surface area contributed by atoms with E-state index in [0.29, 0.717) is 0 Å². The second-order valence-electron chi connectivity index (χ2n) is 4.62. The summed E-state index contributed by atoms with van der Waals surface area (Å²) in [6.07, 6.45) is 1.18. The molecule has 3 nitrogen and oxygen atoms in total. The quantitative estimate of drug-likeness (QED) is 0.718. The first-order valence-corrected chi connectivity index (χ1v) is 7.22. The van der Waals surface area contributed by atoms with Crippen LogP contribution in [0.25, 0.3) is 0 Å². The van der Waals surface area contributed by atoms with Crippen LogP contribution in [0, 0.1) is 11.3 Å². The molecule has 0 spiro atoms. The van der Waals surface area contributed by atoms with E-state index >= 15 is 0 Å². The van der Waals surface area contributed by atoms with E-state index < -0.39 is 0 Å². The summed E-state index contributed by atoms with van der Waals surface area (Å²) in [6, 6.07) is 10.0. The minimum absolute atomic E-state index is 0.725. The number of benzene rings is 1. The molecule has 0 unspecified atom stereocenters. The Balaban J connectivity index is 2.51. The highest BCUT2D eigenvalue weighted by atomic mass is 15.1. The first kappa shape index (κ1) is 15.5. The summed E-state index contributed by atoms with van der Waals surface area (Å²) in [4.78, 5) is 4.82. The first-order chi connectivity index (χ1) is 9.24. The Morgan fingerprint density at radius 3 is 2.05 bits per heavy atom. The number of hydrogen-bond acceptors (Lipinski definition) is 3. The third-order valence-corrected chi connectivity index (χ3v) is 3.54. The van der Waals surface area contributed by atoms with Crippen LogP contribution >= 0.6 is 0 Å². The second kappa shape index (κ2) is 8.55. The number of anilines is 1. The van der Waals surface area contributed by atoms with Gasteiger partial charge in [0.2, 0.25) is 0 Å². The van der Waals surface area contributed by atoms with Gasteiger partial charge in [0.15, 0.2) is 0 Å². The summed E-state index contributed by atoms with van der Waals surface area (Å²) in [5.74, 6) is 0. The number of hydrogen-bond donors (Lipinski definition) is 0. The average molecular weight is 259 g/mol. The Bertz CT molecular complexity index is 387. The van der Waals surface area contributed by atoms with Gasteiger partial charge in [-0.1, -0.05) is 13.8 Å². The van der Waals surface area contributed by atoms with Crippen LogP contribution in [0.15, 0.2) is 24.3 Å². The maximum Gasteiger partial charge on any atom is 0.0991 e. The zero-order valence-corrected chi connectivity index (χ0v) is 12.4. The molecule has 1 aromatic rings. The number of nitrogens with zero attached hydrogens (tertiary/aromatic N) is 3. The van der Waals surface area contributed by atoms with E-state index in [-0.39, 0.29) is 0 Å². The largest absolute Gasteiger partial charge is 0.372 e. The SMILES string of the molecule is CCN(CC)CCCN(CC)c1ccc(C#N)cc1. The molecule has 1 rings (SSSR count). The van der Waals surface area contributed by atoms with Gasteiger partial charge in [0.1, 0.15) is 0 Å². The van der Waals surface area contributed by atoms with Crippen LogP contribution in [0.4, 0.5) is 5.69 Å². The van der Waals surface area contributed by atoms with Crippen molar-refractivity contribution in [3.63, 3.8) is 0 Å². The van der Waals surface area contributed by atoms with Crippen molar-refractivity contribution in [1.29, 1.82) is 5.26 Å². The second-order valence-corrected chi connectivity index (χ2v) is 4.62. The summed E-state index contributed by atoms with van der Waals surface area (Å²) in [5, 5.41) is 8.81. The predicted octanol–water partition coefficient (Wildman–Crippen LogP) is 3.12. The molecule has 3 heteroatoms. The van der Waals surface area contributed by atoms with Crippen molar-refractivity contribution >= 4 is 5.69 Å². The van der Waals surface area contributed by atoms with Crippen LogP contribution in [0.5, 0.6) is 0 Å². The minimum atomic E-state index is 0.725. The lowest BCUT2D eigenvalue weighted by atomic mass is 10.2. The van der Waals surface area contributed by atoms with Crippen LogP contribution in [0.1, 0.15) is 32.8 Å². The van der Waals surface area contributed by atoms with Crippen molar-refractivity contribution in [1.82, 2.24) is 4.90 Å². The van der Waals surface area contributed by atoms with Gasteiger partial charge >= 0.3 is 0 Å². The number of rotatable bonds is 8. The Morgan fingerprint density at radius 1 is 0.947 bits per heavy atom. The fraction of sp³-hybridized carbons (Fsp3) is 0.562. The maximum atomic E-state index is 8.81. The van der Waals surface area contributed by atoms with Crippen LogP contribution in [0.3, 0.4) is 0 Å². The fourth-order valence-electron chi connectivity index (χ4n) is 2.24. The minimum Gasteiger partial charge on any atom is -0.372 e. The van der Waals surface area contributed by atoms with Gasteiger partial charge in [0.05, 0.1) is 11.6 Å². The molecule has 0 saturated carbocycles. The van der Waals surface area contributed by atoms with Crippen LogP contribution in [-0.4, -0.2) is 37.6 Å². The van der Waals surface area contributed by atoms with Crippen LogP contribution in [-0.2, 0) is 0 Å². The van der Waals surface area contributed by atoms with Gasteiger partial charge in [0.25, 0.3) is 0 Å². The normalized spacial score (nSPS) is 10.5. The molecule has 1 aromatic carbocycles. The molecule has 0 bridgehead atoms. The van der Waals surface area contributed by atoms with Gasteiger partial charge in [-0.05, 0) is 57.2 Å². The zero-order valence-electron chi connectivity index (χ0n) is 12.4. The van der Waals surface area contributed by atoms with Crippen molar-refractivity contribution in [3.05, 3.63) is 29.8 Å². The summed E-state index contributed by atoms with van der Waals surface area (Å²) in [6.45, 7) is 12.1. The van der Waals surface area contributed by atoms with E-state index in [1.807, 2.05) is 24.3 Å². The lowest BCUT2D eigenvalue weighted by Gasteiger charge is -2.25. The van der Waals surface area contributed by atoms with Gasteiger partial charge in [-0.2, -0.15) is 5.26 Å². The lowest BCUT2D eigenvalue weighted by molar-refractivity contribution is 0.301. The topological polar surface area (TPSA) is 30.3 Å². The Morgan fingerprint density at radius 2 is 1.58 bits per heavy atom. The van der Waals surface area contributed by atoms with Crippen LogP contribution in [0.2, 0.25) is 0 Å². The Labute approximate surface area is 117 Å². The molecule has 19 heavy (non-hydrogen) atoms. The molecule has 0 aliphatic heterocycles. The maximum absolute atomic E-state index is 8.81. The smallest absolute Gasteiger partial charge is 0.0991 e. The predicted molar refractivity (Wildman–Crippen MR) is 81.4 cm³/mol. The van der Waals surface area contributed by atoms with Crippen molar-refractivity contribution in [2.45, 2.75) is 27.2 Å². The summed E-state index contributed by atoms with van der Waals surface area (Å²) < 4.78 is 0. The molecule has 0 aromatic heterocycles. The molecule has 0 fully saturated rings. The van der Waals surface area contributed by atoms with Crippen molar-refractivity contribution in [3.8, 4) is 6.07 Å². The molecule has 104 valence electrons. The summed E-state index contributed by atoms with van der Waals surface area (Å²) >= 11 is 0. The van der Waals surface area contributed by atoms with Gasteiger partial charge < -0.3 is 9.80 Å². The van der Waals surface area contributed by atoms with Gasteiger partial charge in [0, 0.05) is 18.8 Å². The summed E-state index contributed by atoms with van der Waals surface area (Å²) in [7, 11) is 0. The van der Waals surface area contributed by atoms with Crippen molar-refractivity contribution in [2.24, 2.45) is 0 Å². The Hall–Kier alpha value is -1.53. The van der Waals surface area contributed by atoms with E-state index in [9.17, 15) is 0 Å². The van der Waals surface area contributed by atoms with Gasteiger partial charge in [-0.25, -0.2) is 0 Å². The lowest BCUT2D eigenvalue weighted by Crippen LogP contribution is -2.29. The molecule has 0 aliphatic carbocycles. The Kier molecular flexibility index (Phi) is 6.99. The van der Waals surface area contributed by atoms with E-state index in [4.69, 9.17) is 5.26 Å². The zero-order chi connectivity index (χ0) is 14.1. The molecule has 0 amide bonds. The van der Waals surface area contributed by atoms with Gasteiger partial charge in [-0.3, -0.25) is 0 Å². The van der Waals surface area contributed by atoms with E-state index in [1.54, 1.807) is 0 Å². The van der Waals surface area contributed by atoms with E-state index in [2.05, 4.69) is 36.6 Å². The third kappa shape index (κ3) is 4.92. The summed E-state index contributed by atoms with van der Waals surface area (Å²) in [5.41, 5.74) is 1.93.